The van der Waals surface area contributed by atoms with Crippen molar-refractivity contribution in [3.8, 4) is 5.75 Å². The first-order chi connectivity index (χ1) is 14.9. The SMILES string of the molecule is COc1ccc(/C(O)=C2\C(=O)C(=O)N(c3cc(Cl)ccc3C)C2c2ccncc2)cc1. The van der Waals surface area contributed by atoms with Crippen LogP contribution in [0.3, 0.4) is 0 Å². The van der Waals surface area contributed by atoms with Crippen LogP contribution in [0.4, 0.5) is 5.69 Å². The third-order valence-corrected chi connectivity index (χ3v) is 5.50. The molecule has 0 bridgehead atoms. The summed E-state index contributed by atoms with van der Waals surface area (Å²) >= 11 is 6.19. The molecule has 1 unspecified atom stereocenters. The van der Waals surface area contributed by atoms with Gasteiger partial charge in [-0.2, -0.15) is 0 Å². The van der Waals surface area contributed by atoms with Crippen LogP contribution < -0.4 is 9.64 Å². The third kappa shape index (κ3) is 3.66. The van der Waals surface area contributed by atoms with Crippen molar-refractivity contribution in [3.63, 3.8) is 0 Å². The summed E-state index contributed by atoms with van der Waals surface area (Å²) in [5, 5.41) is 11.5. The average Bonchev–Trinajstić information content (AvgIpc) is 3.06. The van der Waals surface area contributed by atoms with E-state index in [0.717, 1.165) is 5.56 Å². The summed E-state index contributed by atoms with van der Waals surface area (Å²) in [7, 11) is 1.54. The van der Waals surface area contributed by atoms with Gasteiger partial charge in [0.1, 0.15) is 11.5 Å². The number of benzene rings is 2. The van der Waals surface area contributed by atoms with Crippen LogP contribution in [0.1, 0.15) is 22.7 Å². The van der Waals surface area contributed by atoms with Gasteiger partial charge in [-0.25, -0.2) is 0 Å². The molecule has 0 saturated carbocycles. The lowest BCUT2D eigenvalue weighted by atomic mass is 9.95. The topological polar surface area (TPSA) is 79.7 Å². The fourth-order valence-electron chi connectivity index (χ4n) is 3.69. The summed E-state index contributed by atoms with van der Waals surface area (Å²) in [6.07, 6.45) is 3.15. The van der Waals surface area contributed by atoms with Gasteiger partial charge >= 0.3 is 0 Å². The van der Waals surface area contributed by atoms with Gasteiger partial charge in [-0.1, -0.05) is 17.7 Å². The van der Waals surface area contributed by atoms with Gasteiger partial charge in [0.15, 0.2) is 0 Å². The number of anilines is 1. The summed E-state index contributed by atoms with van der Waals surface area (Å²) in [5.41, 5.74) is 2.32. The number of aliphatic hydroxyl groups is 1. The lowest BCUT2D eigenvalue weighted by molar-refractivity contribution is -0.132. The second-order valence-corrected chi connectivity index (χ2v) is 7.55. The molecule has 1 saturated heterocycles. The smallest absolute Gasteiger partial charge is 0.300 e. The Hall–Kier alpha value is -3.64. The maximum atomic E-state index is 13.2. The van der Waals surface area contributed by atoms with Gasteiger partial charge in [-0.15, -0.1) is 0 Å². The lowest BCUT2D eigenvalue weighted by Crippen LogP contribution is -2.30. The number of ether oxygens (including phenoxy) is 1. The average molecular weight is 435 g/mol. The van der Waals surface area contributed by atoms with E-state index < -0.39 is 17.7 Å². The van der Waals surface area contributed by atoms with E-state index in [9.17, 15) is 14.7 Å². The fraction of sp³-hybridized carbons (Fsp3) is 0.125. The molecule has 156 valence electrons. The minimum absolute atomic E-state index is 0.000687. The van der Waals surface area contributed by atoms with E-state index in [0.29, 0.717) is 27.6 Å². The molecule has 6 nitrogen and oxygen atoms in total. The van der Waals surface area contributed by atoms with E-state index in [4.69, 9.17) is 16.3 Å². The number of hydrogen-bond donors (Lipinski definition) is 1. The van der Waals surface area contributed by atoms with Crippen molar-refractivity contribution in [1.29, 1.82) is 0 Å². The highest BCUT2D eigenvalue weighted by molar-refractivity contribution is 6.52. The van der Waals surface area contributed by atoms with Gasteiger partial charge in [-0.3, -0.25) is 19.5 Å². The molecule has 1 amide bonds. The fourth-order valence-corrected chi connectivity index (χ4v) is 3.85. The maximum Gasteiger partial charge on any atom is 0.300 e. The summed E-state index contributed by atoms with van der Waals surface area (Å²) in [6, 6.07) is 14.4. The van der Waals surface area contributed by atoms with Crippen LogP contribution >= 0.6 is 11.6 Å². The Balaban J connectivity index is 1.94. The first-order valence-electron chi connectivity index (χ1n) is 9.54. The molecule has 3 aromatic rings. The van der Waals surface area contributed by atoms with Crippen molar-refractivity contribution in [1.82, 2.24) is 4.98 Å². The Morgan fingerprint density at radius 3 is 2.39 bits per heavy atom. The number of aryl methyl sites for hydroxylation is 1. The number of aliphatic hydroxyl groups excluding tert-OH is 1. The van der Waals surface area contributed by atoms with Gasteiger partial charge in [0.05, 0.1) is 18.7 Å². The molecule has 1 fully saturated rings. The molecule has 0 aliphatic carbocycles. The minimum Gasteiger partial charge on any atom is -0.507 e. The number of hydrogen-bond acceptors (Lipinski definition) is 5. The van der Waals surface area contributed by atoms with Crippen LogP contribution in [0.5, 0.6) is 5.75 Å². The van der Waals surface area contributed by atoms with Crippen LogP contribution in [0, 0.1) is 6.92 Å². The molecule has 2 heterocycles. The number of ketones is 1. The number of rotatable bonds is 4. The largest absolute Gasteiger partial charge is 0.507 e. The zero-order valence-electron chi connectivity index (χ0n) is 16.9. The number of methoxy groups -OCH3 is 1. The molecule has 7 heteroatoms. The van der Waals surface area contributed by atoms with Crippen molar-refractivity contribution < 1.29 is 19.4 Å². The number of pyridine rings is 1. The van der Waals surface area contributed by atoms with Crippen molar-refractivity contribution >= 4 is 34.7 Å². The number of aromatic nitrogens is 1. The van der Waals surface area contributed by atoms with E-state index >= 15 is 0 Å². The van der Waals surface area contributed by atoms with Crippen LogP contribution in [-0.2, 0) is 9.59 Å². The second kappa shape index (κ2) is 8.24. The van der Waals surface area contributed by atoms with Gasteiger partial charge in [0.2, 0.25) is 0 Å². The van der Waals surface area contributed by atoms with Crippen molar-refractivity contribution in [2.45, 2.75) is 13.0 Å². The van der Waals surface area contributed by atoms with Gasteiger partial charge in [-0.05, 0) is 66.6 Å². The molecule has 4 rings (SSSR count). The second-order valence-electron chi connectivity index (χ2n) is 7.11. The predicted octanol–water partition coefficient (Wildman–Crippen LogP) is 4.68. The molecule has 1 aliphatic heterocycles. The van der Waals surface area contributed by atoms with E-state index in [1.807, 2.05) is 6.92 Å². The maximum absolute atomic E-state index is 13.2. The van der Waals surface area contributed by atoms with Crippen molar-refractivity contribution in [3.05, 3.63) is 94.3 Å². The number of carbonyl (C=O) groups is 2. The highest BCUT2D eigenvalue weighted by Gasteiger charge is 2.47. The van der Waals surface area contributed by atoms with E-state index in [1.165, 1.54) is 12.0 Å². The van der Waals surface area contributed by atoms with Crippen LogP contribution in [-0.4, -0.2) is 28.9 Å². The number of amides is 1. The Bertz CT molecular complexity index is 1190. The number of Topliss-reactive ketones (excluding diaryl/α,β-unsaturated/α-hetero) is 1. The van der Waals surface area contributed by atoms with E-state index in [-0.39, 0.29) is 11.3 Å². The summed E-state index contributed by atoms with van der Waals surface area (Å²) in [5.74, 6) is -1.15. The predicted molar refractivity (Wildman–Crippen MR) is 118 cm³/mol. The lowest BCUT2D eigenvalue weighted by Gasteiger charge is -2.26. The molecule has 1 N–H and O–H groups in total. The number of halogens is 1. The molecule has 1 aliphatic rings. The third-order valence-electron chi connectivity index (χ3n) is 5.26. The van der Waals surface area contributed by atoms with Crippen molar-refractivity contribution in [2.24, 2.45) is 0 Å². The monoisotopic (exact) mass is 434 g/mol. The van der Waals surface area contributed by atoms with Gasteiger partial charge in [0, 0.05) is 28.7 Å². The Morgan fingerprint density at radius 2 is 1.74 bits per heavy atom. The minimum atomic E-state index is -0.831. The summed E-state index contributed by atoms with van der Waals surface area (Å²) < 4.78 is 5.16. The first kappa shape index (κ1) is 20.6. The first-order valence-corrected chi connectivity index (χ1v) is 9.91. The quantitative estimate of drug-likeness (QED) is 0.366. The highest BCUT2D eigenvalue weighted by atomic mass is 35.5. The van der Waals surface area contributed by atoms with E-state index in [2.05, 4.69) is 4.98 Å². The molecule has 0 spiro atoms. The zero-order valence-corrected chi connectivity index (χ0v) is 17.6. The molecular weight excluding hydrogens is 416 g/mol. The van der Waals surface area contributed by atoms with Gasteiger partial charge < -0.3 is 9.84 Å². The van der Waals surface area contributed by atoms with Gasteiger partial charge in [0.25, 0.3) is 11.7 Å². The van der Waals surface area contributed by atoms with Crippen LogP contribution in [0.15, 0.2) is 72.6 Å². The van der Waals surface area contributed by atoms with Crippen LogP contribution in [0.2, 0.25) is 5.02 Å². The summed E-state index contributed by atoms with van der Waals surface area (Å²) in [6.45, 7) is 1.83. The highest BCUT2D eigenvalue weighted by Crippen LogP contribution is 2.43. The zero-order chi connectivity index (χ0) is 22.1. The molecule has 1 aromatic heterocycles. The molecular formula is C24H19ClN2O4. The van der Waals surface area contributed by atoms with E-state index in [1.54, 1.807) is 67.0 Å². The Kier molecular flexibility index (Phi) is 5.48. The number of nitrogens with zero attached hydrogens (tertiary/aromatic N) is 2. The molecule has 31 heavy (non-hydrogen) atoms. The van der Waals surface area contributed by atoms with Crippen LogP contribution in [0.25, 0.3) is 5.76 Å². The molecule has 2 aromatic carbocycles. The van der Waals surface area contributed by atoms with Crippen molar-refractivity contribution in [2.75, 3.05) is 12.0 Å². The molecule has 1 atom stereocenters. The Labute approximate surface area is 184 Å². The standard InChI is InChI=1S/C24H19ClN2O4/c1-14-3-6-17(25)13-19(14)27-21(15-9-11-26-12-10-15)20(23(29)24(27)30)22(28)16-4-7-18(31-2)8-5-16/h3-13,21,28H,1-2H3/b22-20+. The molecule has 0 radical (unpaired) electrons. The Morgan fingerprint density at radius 1 is 1.06 bits per heavy atom. The number of carbonyl (C=O) groups excluding carboxylic acids is 2. The normalized spacial score (nSPS) is 17.8. The summed E-state index contributed by atoms with van der Waals surface area (Å²) in [4.78, 5) is 31.7.